The molecule has 0 radical (unpaired) electrons. The van der Waals surface area contributed by atoms with Crippen molar-refractivity contribution in [2.75, 3.05) is 40.5 Å². The number of nitrogens with zero attached hydrogens (tertiary/aromatic N) is 3. The van der Waals surface area contributed by atoms with Crippen LogP contribution in [0.1, 0.15) is 51.8 Å². The molecule has 1 unspecified atom stereocenters. The van der Waals surface area contributed by atoms with Gasteiger partial charge in [0, 0.05) is 43.4 Å². The average Bonchev–Trinajstić information content (AvgIpc) is 2.77. The van der Waals surface area contributed by atoms with Crippen LogP contribution in [0.4, 0.5) is 0 Å². The summed E-state index contributed by atoms with van der Waals surface area (Å²) in [5.41, 5.74) is 3.62. The number of aryl methyl sites for hydroxylation is 2. The van der Waals surface area contributed by atoms with Crippen LogP contribution in [0.15, 0.2) is 24.4 Å². The van der Waals surface area contributed by atoms with E-state index in [1.54, 1.807) is 14.2 Å². The molecule has 7 nitrogen and oxygen atoms in total. The van der Waals surface area contributed by atoms with Crippen molar-refractivity contribution in [1.82, 2.24) is 14.9 Å². The summed E-state index contributed by atoms with van der Waals surface area (Å²) in [5, 5.41) is 0. The summed E-state index contributed by atoms with van der Waals surface area (Å²) < 4.78 is 16.0. The smallest absolute Gasteiger partial charge is 0.254 e. The van der Waals surface area contributed by atoms with Gasteiger partial charge in [-0.1, -0.05) is 0 Å². The number of benzene rings is 1. The molecule has 1 saturated heterocycles. The Morgan fingerprint density at radius 1 is 1.23 bits per heavy atom. The summed E-state index contributed by atoms with van der Waals surface area (Å²) in [4.78, 5) is 24.2. The van der Waals surface area contributed by atoms with E-state index >= 15 is 0 Å². The molecule has 2 heterocycles. The molecule has 1 aliphatic rings. The molecule has 2 aromatic rings. The number of carbonyl (C=O) groups excluding carboxylic acids is 1. The van der Waals surface area contributed by atoms with Gasteiger partial charge < -0.3 is 19.1 Å². The number of aromatic nitrogens is 2. The number of methoxy groups -OCH3 is 2. The Hall–Kier alpha value is -2.51. The van der Waals surface area contributed by atoms with Crippen molar-refractivity contribution < 1.29 is 19.0 Å². The Labute approximate surface area is 178 Å². The minimum atomic E-state index is 0.0588. The maximum Gasteiger partial charge on any atom is 0.254 e. The van der Waals surface area contributed by atoms with E-state index in [4.69, 9.17) is 19.2 Å². The Morgan fingerprint density at radius 3 is 2.80 bits per heavy atom. The number of carbonyl (C=O) groups is 1. The molecule has 0 saturated carbocycles. The van der Waals surface area contributed by atoms with E-state index in [1.165, 1.54) is 0 Å². The maximum atomic E-state index is 13.2. The number of hydrogen-bond donors (Lipinski definition) is 0. The van der Waals surface area contributed by atoms with Gasteiger partial charge >= 0.3 is 0 Å². The van der Waals surface area contributed by atoms with Crippen molar-refractivity contribution in [2.24, 2.45) is 0 Å². The van der Waals surface area contributed by atoms with E-state index in [0.717, 1.165) is 53.3 Å². The van der Waals surface area contributed by atoms with Crippen LogP contribution >= 0.6 is 0 Å². The predicted octanol–water partition coefficient (Wildman–Crippen LogP) is 3.28. The number of likely N-dealkylation sites (tertiary alicyclic amines) is 1. The summed E-state index contributed by atoms with van der Waals surface area (Å²) in [7, 11) is 3.29. The highest BCUT2D eigenvalue weighted by Crippen LogP contribution is 2.30. The van der Waals surface area contributed by atoms with Crippen LogP contribution in [0, 0.1) is 13.8 Å². The van der Waals surface area contributed by atoms with Crippen molar-refractivity contribution in [1.29, 1.82) is 0 Å². The standard InChI is InChI=1S/C23H31N3O4/c1-16-12-20(29-4)7-8-21(16)23(27)26-9-5-6-18(14-26)22-19(13-24-17(2)25-22)15-30-11-10-28-3/h7-8,12-13,18H,5-6,9-11,14-15H2,1-4H3. The second-order valence-electron chi connectivity index (χ2n) is 7.64. The lowest BCUT2D eigenvalue weighted by Gasteiger charge is -2.33. The molecule has 3 rings (SSSR count). The summed E-state index contributed by atoms with van der Waals surface area (Å²) >= 11 is 0. The minimum Gasteiger partial charge on any atom is -0.497 e. The molecule has 0 bridgehead atoms. The number of amides is 1. The SMILES string of the molecule is COCCOCc1cnc(C)nc1C1CCCN(C(=O)c2ccc(OC)cc2C)C1. The average molecular weight is 414 g/mol. The molecular formula is C23H31N3O4. The van der Waals surface area contributed by atoms with Gasteiger partial charge in [-0.3, -0.25) is 4.79 Å². The number of ether oxygens (including phenoxy) is 3. The fraction of sp³-hybridized carbons (Fsp3) is 0.522. The summed E-state index contributed by atoms with van der Waals surface area (Å²) in [6, 6.07) is 5.59. The summed E-state index contributed by atoms with van der Waals surface area (Å²) in [6.07, 6.45) is 3.78. The van der Waals surface area contributed by atoms with Crippen molar-refractivity contribution in [2.45, 2.75) is 39.2 Å². The minimum absolute atomic E-state index is 0.0588. The highest BCUT2D eigenvalue weighted by atomic mass is 16.5. The molecule has 1 amide bonds. The highest BCUT2D eigenvalue weighted by Gasteiger charge is 2.28. The molecule has 0 N–H and O–H groups in total. The molecule has 162 valence electrons. The van der Waals surface area contributed by atoms with E-state index in [2.05, 4.69) is 4.98 Å². The van der Waals surface area contributed by atoms with Gasteiger partial charge in [0.15, 0.2) is 0 Å². The van der Waals surface area contributed by atoms with Gasteiger partial charge in [-0.15, -0.1) is 0 Å². The Bertz CT molecular complexity index is 872. The molecular weight excluding hydrogens is 382 g/mol. The maximum absolute atomic E-state index is 13.2. The lowest BCUT2D eigenvalue weighted by atomic mass is 9.91. The van der Waals surface area contributed by atoms with Crippen LogP contribution < -0.4 is 4.74 Å². The van der Waals surface area contributed by atoms with Crippen LogP contribution in [0.25, 0.3) is 0 Å². The van der Waals surface area contributed by atoms with Crippen molar-refractivity contribution >= 4 is 5.91 Å². The first-order valence-corrected chi connectivity index (χ1v) is 10.4. The topological polar surface area (TPSA) is 73.8 Å². The first-order chi connectivity index (χ1) is 14.5. The normalized spacial score (nSPS) is 16.5. The monoisotopic (exact) mass is 413 g/mol. The van der Waals surface area contributed by atoms with Crippen molar-refractivity contribution in [3.05, 3.63) is 52.6 Å². The third-order valence-corrected chi connectivity index (χ3v) is 5.47. The molecule has 1 atom stereocenters. The molecule has 1 aliphatic heterocycles. The molecule has 1 aromatic carbocycles. The molecule has 30 heavy (non-hydrogen) atoms. The van der Waals surface area contributed by atoms with Gasteiger partial charge in [-0.2, -0.15) is 0 Å². The molecule has 1 fully saturated rings. The zero-order valence-electron chi connectivity index (χ0n) is 18.3. The van der Waals surface area contributed by atoms with E-state index < -0.39 is 0 Å². The third-order valence-electron chi connectivity index (χ3n) is 5.47. The highest BCUT2D eigenvalue weighted by molar-refractivity contribution is 5.96. The molecule has 0 spiro atoms. The van der Waals surface area contributed by atoms with Crippen molar-refractivity contribution in [3.8, 4) is 5.75 Å². The van der Waals surface area contributed by atoms with E-state index in [1.807, 2.05) is 43.1 Å². The number of piperidine rings is 1. The van der Waals surface area contributed by atoms with Gasteiger partial charge in [-0.25, -0.2) is 9.97 Å². The Balaban J connectivity index is 1.76. The molecule has 0 aliphatic carbocycles. The van der Waals surface area contributed by atoms with Crippen LogP contribution in [0.5, 0.6) is 5.75 Å². The van der Waals surface area contributed by atoms with E-state index in [-0.39, 0.29) is 11.8 Å². The summed E-state index contributed by atoms with van der Waals surface area (Å²) in [6.45, 7) is 6.76. The second kappa shape index (κ2) is 10.5. The second-order valence-corrected chi connectivity index (χ2v) is 7.64. The first kappa shape index (κ1) is 22.2. The van der Waals surface area contributed by atoms with Crippen LogP contribution in [0.2, 0.25) is 0 Å². The lowest BCUT2D eigenvalue weighted by molar-refractivity contribution is 0.0602. The van der Waals surface area contributed by atoms with Gasteiger partial charge in [0.05, 0.1) is 32.6 Å². The zero-order chi connectivity index (χ0) is 21.5. The fourth-order valence-corrected chi connectivity index (χ4v) is 3.86. The fourth-order valence-electron chi connectivity index (χ4n) is 3.86. The predicted molar refractivity (Wildman–Crippen MR) is 114 cm³/mol. The van der Waals surface area contributed by atoms with Crippen LogP contribution in [0.3, 0.4) is 0 Å². The van der Waals surface area contributed by atoms with Gasteiger partial charge in [0.25, 0.3) is 5.91 Å². The first-order valence-electron chi connectivity index (χ1n) is 10.4. The number of hydrogen-bond acceptors (Lipinski definition) is 6. The van der Waals surface area contributed by atoms with E-state index in [9.17, 15) is 4.79 Å². The van der Waals surface area contributed by atoms with E-state index in [0.29, 0.717) is 26.4 Å². The lowest BCUT2D eigenvalue weighted by Crippen LogP contribution is -2.40. The largest absolute Gasteiger partial charge is 0.497 e. The third kappa shape index (κ3) is 5.34. The van der Waals surface area contributed by atoms with Gasteiger partial charge in [0.1, 0.15) is 11.6 Å². The quantitative estimate of drug-likeness (QED) is 0.619. The van der Waals surface area contributed by atoms with Gasteiger partial charge in [-0.05, 0) is 50.5 Å². The van der Waals surface area contributed by atoms with Gasteiger partial charge in [0.2, 0.25) is 0 Å². The van der Waals surface area contributed by atoms with Crippen molar-refractivity contribution in [3.63, 3.8) is 0 Å². The summed E-state index contributed by atoms with van der Waals surface area (Å²) in [5.74, 6) is 1.72. The van der Waals surface area contributed by atoms with Crippen LogP contribution in [-0.4, -0.2) is 61.3 Å². The van der Waals surface area contributed by atoms with Crippen LogP contribution in [-0.2, 0) is 16.1 Å². The Morgan fingerprint density at radius 2 is 2.07 bits per heavy atom. The molecule has 7 heteroatoms. The molecule has 1 aromatic heterocycles. The zero-order valence-corrected chi connectivity index (χ0v) is 18.3. The Kier molecular flexibility index (Phi) is 7.76. The number of rotatable bonds is 8.